The normalized spacial score (nSPS) is 10.7. The minimum Gasteiger partial charge on any atom is -0.352 e. The van der Waals surface area contributed by atoms with Crippen molar-refractivity contribution in [1.82, 2.24) is 5.16 Å². The zero-order valence-corrected chi connectivity index (χ0v) is 7.46. The predicted molar refractivity (Wildman–Crippen MR) is 51.5 cm³/mol. The standard InChI is InChI=1S/C9H10FN3O/c10-7-3-1-2-6-8(7)13-14-9(6)12-5-4-11/h1-3,12H,4-5,11H2. The summed E-state index contributed by atoms with van der Waals surface area (Å²) in [5.74, 6) is 0.0806. The average Bonchev–Trinajstić information content (AvgIpc) is 2.60. The largest absolute Gasteiger partial charge is 0.352 e. The van der Waals surface area contributed by atoms with E-state index in [1.807, 2.05) is 0 Å². The van der Waals surface area contributed by atoms with Gasteiger partial charge in [-0.1, -0.05) is 11.2 Å². The van der Waals surface area contributed by atoms with Crippen LogP contribution in [-0.2, 0) is 0 Å². The first-order chi connectivity index (χ1) is 6.83. The number of rotatable bonds is 3. The molecule has 0 amide bonds. The third-order valence-electron chi connectivity index (χ3n) is 1.89. The summed E-state index contributed by atoms with van der Waals surface area (Å²) in [5.41, 5.74) is 5.56. The molecule has 0 spiro atoms. The summed E-state index contributed by atoms with van der Waals surface area (Å²) >= 11 is 0. The van der Waals surface area contributed by atoms with E-state index in [0.29, 0.717) is 24.4 Å². The van der Waals surface area contributed by atoms with E-state index in [1.165, 1.54) is 6.07 Å². The number of hydrogen-bond donors (Lipinski definition) is 2. The Bertz CT molecular complexity index is 441. The minimum atomic E-state index is -0.382. The highest BCUT2D eigenvalue weighted by Crippen LogP contribution is 2.24. The van der Waals surface area contributed by atoms with Crippen molar-refractivity contribution in [2.45, 2.75) is 0 Å². The molecule has 0 radical (unpaired) electrons. The molecule has 0 saturated heterocycles. The Kier molecular flexibility index (Phi) is 2.32. The number of hydrogen-bond acceptors (Lipinski definition) is 4. The summed E-state index contributed by atoms with van der Waals surface area (Å²) in [6, 6.07) is 4.70. The van der Waals surface area contributed by atoms with Crippen LogP contribution in [0.1, 0.15) is 0 Å². The number of nitrogens with one attached hydrogen (secondary N) is 1. The first kappa shape index (κ1) is 8.96. The van der Waals surface area contributed by atoms with Crippen LogP contribution in [0.3, 0.4) is 0 Å². The van der Waals surface area contributed by atoms with Gasteiger partial charge in [0.15, 0.2) is 11.3 Å². The molecule has 4 nitrogen and oxygen atoms in total. The molecule has 0 saturated carbocycles. The van der Waals surface area contributed by atoms with Crippen LogP contribution in [0.25, 0.3) is 10.9 Å². The molecule has 0 bridgehead atoms. The summed E-state index contributed by atoms with van der Waals surface area (Å²) in [6.45, 7) is 1.05. The molecule has 74 valence electrons. The summed E-state index contributed by atoms with van der Waals surface area (Å²) in [4.78, 5) is 0. The van der Waals surface area contributed by atoms with Crippen LogP contribution in [-0.4, -0.2) is 18.2 Å². The van der Waals surface area contributed by atoms with Gasteiger partial charge < -0.3 is 15.6 Å². The van der Waals surface area contributed by atoms with E-state index in [2.05, 4.69) is 10.5 Å². The van der Waals surface area contributed by atoms with Gasteiger partial charge in [-0.3, -0.25) is 0 Å². The Morgan fingerprint density at radius 3 is 3.14 bits per heavy atom. The molecule has 2 rings (SSSR count). The summed E-state index contributed by atoms with van der Waals surface area (Å²) in [6.07, 6.45) is 0. The number of benzene rings is 1. The van der Waals surface area contributed by atoms with Gasteiger partial charge in [0.1, 0.15) is 0 Å². The van der Waals surface area contributed by atoms with E-state index in [1.54, 1.807) is 12.1 Å². The molecule has 0 fully saturated rings. The van der Waals surface area contributed by atoms with E-state index in [9.17, 15) is 4.39 Å². The maximum atomic E-state index is 13.1. The van der Waals surface area contributed by atoms with Gasteiger partial charge in [-0.05, 0) is 12.1 Å². The molecule has 0 aliphatic heterocycles. The average molecular weight is 195 g/mol. The van der Waals surface area contributed by atoms with Crippen molar-refractivity contribution in [2.75, 3.05) is 18.4 Å². The number of aromatic nitrogens is 1. The first-order valence-corrected chi connectivity index (χ1v) is 4.31. The number of nitrogens with zero attached hydrogens (tertiary/aromatic N) is 1. The Balaban J connectivity index is 2.42. The molecule has 3 N–H and O–H groups in total. The van der Waals surface area contributed by atoms with Crippen LogP contribution in [0.2, 0.25) is 0 Å². The Labute approximate surface area is 79.9 Å². The van der Waals surface area contributed by atoms with Gasteiger partial charge in [0.05, 0.1) is 5.39 Å². The fourth-order valence-electron chi connectivity index (χ4n) is 1.25. The van der Waals surface area contributed by atoms with Gasteiger partial charge in [0.2, 0.25) is 5.88 Å². The Morgan fingerprint density at radius 2 is 2.36 bits per heavy atom. The van der Waals surface area contributed by atoms with E-state index in [4.69, 9.17) is 10.3 Å². The highest BCUT2D eigenvalue weighted by atomic mass is 19.1. The highest BCUT2D eigenvalue weighted by molar-refractivity contribution is 5.88. The SMILES string of the molecule is NCCNc1onc2c(F)cccc12. The molecule has 0 aliphatic rings. The quantitative estimate of drug-likeness (QED) is 0.775. The van der Waals surface area contributed by atoms with Crippen molar-refractivity contribution in [3.8, 4) is 0 Å². The molecule has 0 unspecified atom stereocenters. The van der Waals surface area contributed by atoms with Crippen molar-refractivity contribution in [3.05, 3.63) is 24.0 Å². The van der Waals surface area contributed by atoms with Gasteiger partial charge in [0, 0.05) is 13.1 Å². The zero-order chi connectivity index (χ0) is 9.97. The lowest BCUT2D eigenvalue weighted by Crippen LogP contribution is -2.12. The van der Waals surface area contributed by atoms with E-state index in [0.717, 1.165) is 0 Å². The predicted octanol–water partition coefficient (Wildman–Crippen LogP) is 1.34. The van der Waals surface area contributed by atoms with Gasteiger partial charge in [-0.2, -0.15) is 0 Å². The smallest absolute Gasteiger partial charge is 0.232 e. The summed E-state index contributed by atoms with van der Waals surface area (Å²) < 4.78 is 18.1. The van der Waals surface area contributed by atoms with Crippen molar-refractivity contribution in [1.29, 1.82) is 0 Å². The van der Waals surface area contributed by atoms with Crippen LogP contribution < -0.4 is 11.1 Å². The molecular formula is C9H10FN3O. The van der Waals surface area contributed by atoms with E-state index < -0.39 is 0 Å². The summed E-state index contributed by atoms with van der Waals surface area (Å²) in [7, 11) is 0. The summed E-state index contributed by atoms with van der Waals surface area (Å²) in [5, 5.41) is 7.18. The second kappa shape index (κ2) is 3.63. The second-order valence-electron chi connectivity index (χ2n) is 2.86. The molecule has 14 heavy (non-hydrogen) atoms. The van der Waals surface area contributed by atoms with Gasteiger partial charge >= 0.3 is 0 Å². The maximum Gasteiger partial charge on any atom is 0.232 e. The van der Waals surface area contributed by atoms with Crippen molar-refractivity contribution >= 4 is 16.8 Å². The molecule has 1 aromatic heterocycles. The third kappa shape index (κ3) is 1.42. The third-order valence-corrected chi connectivity index (χ3v) is 1.89. The number of nitrogens with two attached hydrogens (primary N) is 1. The fourth-order valence-corrected chi connectivity index (χ4v) is 1.25. The van der Waals surface area contributed by atoms with Gasteiger partial charge in [0.25, 0.3) is 0 Å². The number of halogens is 1. The lowest BCUT2D eigenvalue weighted by molar-refractivity contribution is 0.437. The minimum absolute atomic E-state index is 0.243. The van der Waals surface area contributed by atoms with Crippen LogP contribution in [0.4, 0.5) is 10.3 Å². The lowest BCUT2D eigenvalue weighted by atomic mass is 10.2. The fraction of sp³-hybridized carbons (Fsp3) is 0.222. The lowest BCUT2D eigenvalue weighted by Gasteiger charge is -1.98. The topological polar surface area (TPSA) is 64.1 Å². The van der Waals surface area contributed by atoms with Crippen LogP contribution in [0.5, 0.6) is 0 Å². The van der Waals surface area contributed by atoms with Crippen molar-refractivity contribution in [2.24, 2.45) is 5.73 Å². The second-order valence-corrected chi connectivity index (χ2v) is 2.86. The van der Waals surface area contributed by atoms with Crippen molar-refractivity contribution < 1.29 is 8.91 Å². The molecule has 1 heterocycles. The van der Waals surface area contributed by atoms with Crippen LogP contribution in [0, 0.1) is 5.82 Å². The van der Waals surface area contributed by atoms with Gasteiger partial charge in [-0.25, -0.2) is 4.39 Å². The zero-order valence-electron chi connectivity index (χ0n) is 7.46. The molecule has 0 aliphatic carbocycles. The highest BCUT2D eigenvalue weighted by Gasteiger charge is 2.10. The maximum absolute atomic E-state index is 13.1. The molecule has 5 heteroatoms. The molecule has 0 atom stereocenters. The Morgan fingerprint density at radius 1 is 1.50 bits per heavy atom. The number of fused-ring (bicyclic) bond motifs is 1. The van der Waals surface area contributed by atoms with E-state index >= 15 is 0 Å². The Hall–Kier alpha value is -1.62. The van der Waals surface area contributed by atoms with Crippen LogP contribution in [0.15, 0.2) is 22.7 Å². The van der Waals surface area contributed by atoms with E-state index in [-0.39, 0.29) is 11.3 Å². The first-order valence-electron chi connectivity index (χ1n) is 4.31. The van der Waals surface area contributed by atoms with Crippen molar-refractivity contribution in [3.63, 3.8) is 0 Å². The molecule has 1 aromatic carbocycles. The van der Waals surface area contributed by atoms with Crippen LogP contribution >= 0.6 is 0 Å². The number of anilines is 1. The monoisotopic (exact) mass is 195 g/mol. The molecule has 2 aromatic rings. The van der Waals surface area contributed by atoms with Gasteiger partial charge in [-0.15, -0.1) is 0 Å². The molecular weight excluding hydrogens is 185 g/mol.